The number of hydrogen-bond acceptors (Lipinski definition) is 4. The van der Waals surface area contributed by atoms with Gasteiger partial charge in [0.15, 0.2) is 0 Å². The molecule has 0 radical (unpaired) electrons. The Kier molecular flexibility index (Phi) is 5.16. The van der Waals surface area contributed by atoms with Gasteiger partial charge in [-0.3, -0.25) is 0 Å². The molecule has 2 bridgehead atoms. The van der Waals surface area contributed by atoms with Crippen LogP contribution < -0.4 is 4.90 Å². The van der Waals surface area contributed by atoms with Gasteiger partial charge in [-0.05, 0) is 56.0 Å². The van der Waals surface area contributed by atoms with E-state index in [1.54, 1.807) is 12.1 Å². The molecule has 2 heterocycles. The summed E-state index contributed by atoms with van der Waals surface area (Å²) in [6.45, 7) is 1.32. The fraction of sp³-hybridized carbons (Fsp3) is 0.400. The number of ether oxygens (including phenoxy) is 1. The highest BCUT2D eigenvalue weighted by Gasteiger charge is 2.45. The van der Waals surface area contributed by atoms with Gasteiger partial charge in [0.05, 0.1) is 22.8 Å². The second kappa shape index (κ2) is 8.05. The van der Waals surface area contributed by atoms with E-state index in [1.165, 1.54) is 6.07 Å². The summed E-state index contributed by atoms with van der Waals surface area (Å²) < 4.78 is 25.9. The Morgan fingerprint density at radius 3 is 2.56 bits per heavy atom. The lowest BCUT2D eigenvalue weighted by molar-refractivity contribution is 0.0122. The third-order valence-corrected chi connectivity index (χ3v) is 7.65. The molecule has 0 spiro atoms. The lowest BCUT2D eigenvalue weighted by Gasteiger charge is -2.33. The molecule has 7 heteroatoms. The first kappa shape index (κ1) is 20.5. The first-order valence-corrected chi connectivity index (χ1v) is 11.9. The number of fused-ring (bicyclic) bond motifs is 2. The number of halogens is 3. The van der Waals surface area contributed by atoms with Gasteiger partial charge in [-0.2, -0.15) is 0 Å². The Hall–Kier alpha value is -2.08. The lowest BCUT2D eigenvalue weighted by Crippen LogP contribution is -2.38. The Balaban J connectivity index is 1.21. The average Bonchev–Trinajstić information content (AvgIpc) is 3.23. The molecular weight excluding hydrogens is 450 g/mol. The second-order valence-corrected chi connectivity index (χ2v) is 9.93. The number of hydrogen-bond donors (Lipinski definition) is 0. The van der Waals surface area contributed by atoms with Crippen molar-refractivity contribution < 1.29 is 13.7 Å². The number of aromatic nitrogens is 1. The minimum absolute atomic E-state index is 0.168. The highest BCUT2D eigenvalue weighted by molar-refractivity contribution is 6.39. The third kappa shape index (κ3) is 3.60. The van der Waals surface area contributed by atoms with Gasteiger partial charge in [-0.1, -0.05) is 40.5 Å². The topological polar surface area (TPSA) is 38.5 Å². The van der Waals surface area contributed by atoms with Crippen molar-refractivity contribution in [2.75, 3.05) is 11.4 Å². The van der Waals surface area contributed by atoms with E-state index in [9.17, 15) is 4.39 Å². The zero-order chi connectivity index (χ0) is 21.8. The molecular formula is C25H23Cl2FN2O2. The van der Waals surface area contributed by atoms with Gasteiger partial charge in [0.2, 0.25) is 0 Å². The fourth-order valence-electron chi connectivity index (χ4n) is 5.32. The Morgan fingerprint density at radius 1 is 1.09 bits per heavy atom. The van der Waals surface area contributed by atoms with E-state index in [4.69, 9.17) is 32.5 Å². The van der Waals surface area contributed by atoms with Crippen molar-refractivity contribution in [3.05, 3.63) is 69.7 Å². The monoisotopic (exact) mass is 472 g/mol. The van der Waals surface area contributed by atoms with E-state index in [1.807, 2.05) is 24.3 Å². The Labute approximate surface area is 196 Å². The van der Waals surface area contributed by atoms with Crippen molar-refractivity contribution in [2.24, 2.45) is 5.92 Å². The summed E-state index contributed by atoms with van der Waals surface area (Å²) in [6, 6.07) is 12.7. The maximum Gasteiger partial charge on any atom is 0.145 e. The quantitative estimate of drug-likeness (QED) is 0.393. The maximum atomic E-state index is 13.7. The van der Waals surface area contributed by atoms with Gasteiger partial charge >= 0.3 is 0 Å². The molecule has 0 amide bonds. The molecule has 32 heavy (non-hydrogen) atoms. The standard InChI is InChI=1S/C25H23Cl2FN2O2/c26-20-5-2-6-21(27)23(20)24-19(25(32-29-24)14-7-8-14)13-31-22-11-18-9-15(22)12-30(18)17-4-1-3-16(28)10-17/h1-6,10,14-15,18,22H,7-9,11-13H2/t15-,18-,22+/m1/s1. The average molecular weight is 473 g/mol. The smallest absolute Gasteiger partial charge is 0.145 e. The number of nitrogens with zero attached hydrogens (tertiary/aromatic N) is 2. The molecule has 3 atom stereocenters. The Morgan fingerprint density at radius 2 is 1.88 bits per heavy atom. The second-order valence-electron chi connectivity index (χ2n) is 9.11. The number of rotatable bonds is 6. The third-order valence-electron chi connectivity index (χ3n) is 7.02. The molecule has 3 aromatic rings. The molecule has 1 saturated heterocycles. The van der Waals surface area contributed by atoms with Crippen LogP contribution in [0.1, 0.15) is 42.9 Å². The molecule has 3 aliphatic rings. The molecule has 3 fully saturated rings. The van der Waals surface area contributed by atoms with E-state index < -0.39 is 0 Å². The van der Waals surface area contributed by atoms with Crippen LogP contribution in [0.5, 0.6) is 0 Å². The summed E-state index contributed by atoms with van der Waals surface area (Å²) in [5, 5.41) is 5.47. The first-order valence-electron chi connectivity index (χ1n) is 11.1. The Bertz CT molecular complexity index is 1140. The molecule has 1 aliphatic heterocycles. The molecule has 1 aromatic heterocycles. The van der Waals surface area contributed by atoms with E-state index in [2.05, 4.69) is 10.1 Å². The number of benzene rings is 2. The van der Waals surface area contributed by atoms with E-state index in [0.29, 0.717) is 45.8 Å². The summed E-state index contributed by atoms with van der Waals surface area (Å²) in [6.07, 6.45) is 4.39. The van der Waals surface area contributed by atoms with Crippen molar-refractivity contribution in [1.29, 1.82) is 0 Å². The van der Waals surface area contributed by atoms with Crippen LogP contribution in [0, 0.1) is 11.7 Å². The van der Waals surface area contributed by atoms with Crippen LogP contribution in [-0.2, 0) is 11.3 Å². The van der Waals surface area contributed by atoms with Gasteiger partial charge < -0.3 is 14.2 Å². The van der Waals surface area contributed by atoms with Crippen LogP contribution in [0.15, 0.2) is 47.0 Å². The predicted octanol–water partition coefficient (Wildman–Crippen LogP) is 6.85. The SMILES string of the molecule is Fc1cccc(N2C[C@H]3C[C@@H]2C[C@@H]3OCc2c(-c3c(Cl)cccc3Cl)noc2C2CC2)c1. The van der Waals surface area contributed by atoms with Gasteiger partial charge in [-0.25, -0.2) is 4.39 Å². The minimum Gasteiger partial charge on any atom is -0.373 e. The molecule has 6 rings (SSSR count). The van der Waals surface area contributed by atoms with E-state index >= 15 is 0 Å². The van der Waals surface area contributed by atoms with Crippen LogP contribution in [0.3, 0.4) is 0 Å². The summed E-state index contributed by atoms with van der Waals surface area (Å²) in [4.78, 5) is 2.32. The molecule has 4 nitrogen and oxygen atoms in total. The summed E-state index contributed by atoms with van der Waals surface area (Å²) in [5.41, 5.74) is 3.32. The number of anilines is 1. The van der Waals surface area contributed by atoms with Gasteiger partial charge in [0.25, 0.3) is 0 Å². The largest absolute Gasteiger partial charge is 0.373 e. The van der Waals surface area contributed by atoms with Crippen LogP contribution in [0.2, 0.25) is 10.0 Å². The lowest BCUT2D eigenvalue weighted by atomic mass is 10.0. The van der Waals surface area contributed by atoms with Crippen LogP contribution in [-0.4, -0.2) is 23.8 Å². The van der Waals surface area contributed by atoms with Crippen LogP contribution in [0.4, 0.5) is 10.1 Å². The van der Waals surface area contributed by atoms with Crippen molar-refractivity contribution in [3.63, 3.8) is 0 Å². The van der Waals surface area contributed by atoms with Crippen LogP contribution >= 0.6 is 23.2 Å². The van der Waals surface area contributed by atoms with Crippen molar-refractivity contribution >= 4 is 28.9 Å². The molecule has 2 aliphatic carbocycles. The summed E-state index contributed by atoms with van der Waals surface area (Å²) in [5.74, 6) is 1.55. The highest BCUT2D eigenvalue weighted by atomic mass is 35.5. The molecule has 166 valence electrons. The van der Waals surface area contributed by atoms with Crippen molar-refractivity contribution in [2.45, 2.75) is 50.4 Å². The van der Waals surface area contributed by atoms with Gasteiger partial charge in [0.1, 0.15) is 17.3 Å². The minimum atomic E-state index is -0.191. The zero-order valence-corrected chi connectivity index (χ0v) is 19.0. The zero-order valence-electron chi connectivity index (χ0n) is 17.4. The molecule has 0 N–H and O–H groups in total. The van der Waals surface area contributed by atoms with E-state index in [0.717, 1.165) is 49.2 Å². The van der Waals surface area contributed by atoms with Crippen molar-refractivity contribution in [1.82, 2.24) is 5.16 Å². The fourth-order valence-corrected chi connectivity index (χ4v) is 5.90. The van der Waals surface area contributed by atoms with Crippen molar-refractivity contribution in [3.8, 4) is 11.3 Å². The summed E-state index contributed by atoms with van der Waals surface area (Å²) >= 11 is 12.9. The summed E-state index contributed by atoms with van der Waals surface area (Å²) in [7, 11) is 0. The van der Waals surface area contributed by atoms with Crippen LogP contribution in [0.25, 0.3) is 11.3 Å². The molecule has 2 saturated carbocycles. The highest BCUT2D eigenvalue weighted by Crippen LogP contribution is 2.47. The maximum absolute atomic E-state index is 13.7. The number of piperidine rings is 1. The van der Waals surface area contributed by atoms with Gasteiger partial charge in [0, 0.05) is 41.2 Å². The first-order chi connectivity index (χ1) is 15.6. The molecule has 2 aromatic carbocycles. The normalized spacial score (nSPS) is 24.5. The van der Waals surface area contributed by atoms with Gasteiger partial charge in [-0.15, -0.1) is 0 Å². The van der Waals surface area contributed by atoms with E-state index in [-0.39, 0.29) is 11.9 Å². The molecule has 0 unspecified atom stereocenters. The predicted molar refractivity (Wildman–Crippen MR) is 123 cm³/mol.